The molecule has 9 heteroatoms. The van der Waals surface area contributed by atoms with Gasteiger partial charge in [-0.05, 0) is 61.0 Å². The van der Waals surface area contributed by atoms with E-state index in [1.54, 1.807) is 42.5 Å². The summed E-state index contributed by atoms with van der Waals surface area (Å²) < 4.78 is 37.4. The van der Waals surface area contributed by atoms with E-state index in [1.807, 2.05) is 13.0 Å². The number of carbonyl (C=O) groups is 2. The number of benzene rings is 3. The summed E-state index contributed by atoms with van der Waals surface area (Å²) in [4.78, 5) is 24.3. The summed E-state index contributed by atoms with van der Waals surface area (Å²) in [5.41, 5.74) is 2.08. The molecule has 3 aromatic rings. The van der Waals surface area contributed by atoms with Crippen molar-refractivity contribution in [1.82, 2.24) is 0 Å². The number of amides is 1. The molecule has 0 atom stereocenters. The minimum Gasteiger partial charge on any atom is -0.495 e. The molecular weight excluding hydrogens is 444 g/mol. The van der Waals surface area contributed by atoms with Crippen LogP contribution < -0.4 is 14.4 Å². The Morgan fingerprint density at radius 1 is 0.970 bits per heavy atom. The second-order valence-electron chi connectivity index (χ2n) is 7.16. The fraction of sp³-hybridized carbons (Fsp3) is 0.167. The zero-order valence-electron chi connectivity index (χ0n) is 18.4. The molecule has 0 fully saturated rings. The first-order chi connectivity index (χ1) is 15.7. The molecule has 0 heterocycles. The van der Waals surface area contributed by atoms with E-state index in [4.69, 9.17) is 9.47 Å². The number of ether oxygens (including phenoxy) is 2. The third-order valence-corrected chi connectivity index (χ3v) is 6.59. The van der Waals surface area contributed by atoms with E-state index in [9.17, 15) is 18.0 Å². The van der Waals surface area contributed by atoms with Gasteiger partial charge in [0.15, 0.2) is 6.61 Å². The maximum absolute atomic E-state index is 13.0. The topological polar surface area (TPSA) is 102 Å². The number of para-hydroxylation sites is 2. The fourth-order valence-electron chi connectivity index (χ4n) is 3.07. The van der Waals surface area contributed by atoms with Gasteiger partial charge in [-0.3, -0.25) is 9.10 Å². The molecule has 0 aliphatic heterocycles. The van der Waals surface area contributed by atoms with Crippen LogP contribution in [0.25, 0.3) is 0 Å². The van der Waals surface area contributed by atoms with Gasteiger partial charge in [-0.15, -0.1) is 0 Å². The molecule has 3 aromatic carbocycles. The number of rotatable bonds is 8. The number of nitrogens with zero attached hydrogens (tertiary/aromatic N) is 1. The van der Waals surface area contributed by atoms with E-state index >= 15 is 0 Å². The van der Waals surface area contributed by atoms with Gasteiger partial charge in [-0.25, -0.2) is 13.2 Å². The number of carbonyl (C=O) groups excluding carboxylic acids is 2. The Balaban J connectivity index is 1.65. The Kier molecular flexibility index (Phi) is 7.34. The number of anilines is 2. The number of nitrogens with one attached hydrogen (secondary N) is 1. The van der Waals surface area contributed by atoms with E-state index in [1.165, 1.54) is 38.4 Å². The lowest BCUT2D eigenvalue weighted by molar-refractivity contribution is -0.119. The molecule has 1 N–H and O–H groups in total. The van der Waals surface area contributed by atoms with Gasteiger partial charge in [0, 0.05) is 12.7 Å². The normalized spacial score (nSPS) is 10.9. The third kappa shape index (κ3) is 5.69. The Labute approximate surface area is 192 Å². The van der Waals surface area contributed by atoms with Gasteiger partial charge >= 0.3 is 5.97 Å². The molecule has 1 amide bonds. The van der Waals surface area contributed by atoms with Crippen LogP contribution in [0, 0.1) is 6.92 Å². The maximum atomic E-state index is 13.0. The number of methoxy groups -OCH3 is 1. The number of sulfonamides is 1. The molecule has 172 valence electrons. The van der Waals surface area contributed by atoms with Crippen LogP contribution in [-0.2, 0) is 19.6 Å². The monoisotopic (exact) mass is 468 g/mol. The summed E-state index contributed by atoms with van der Waals surface area (Å²) in [6, 6.07) is 19.3. The Morgan fingerprint density at radius 3 is 2.33 bits per heavy atom. The molecule has 8 nitrogen and oxygen atoms in total. The number of hydrogen-bond donors (Lipinski definition) is 1. The van der Waals surface area contributed by atoms with Crippen LogP contribution in [0.5, 0.6) is 5.75 Å². The number of aryl methyl sites for hydroxylation is 1. The average molecular weight is 469 g/mol. The Bertz CT molecular complexity index is 1260. The molecule has 0 unspecified atom stereocenters. The molecule has 0 saturated carbocycles. The minimum atomic E-state index is -3.89. The SMILES string of the molecule is COc1ccccc1N(C)S(=O)(=O)c1ccc(C(=O)OCC(=O)Nc2cccc(C)c2)cc1. The van der Waals surface area contributed by atoms with Gasteiger partial charge in [0.05, 0.1) is 23.3 Å². The first-order valence-corrected chi connectivity index (χ1v) is 11.4. The second-order valence-corrected chi connectivity index (χ2v) is 9.13. The predicted octanol–water partition coefficient (Wildman–Crippen LogP) is 3.62. The average Bonchev–Trinajstić information content (AvgIpc) is 2.82. The lowest BCUT2D eigenvalue weighted by Crippen LogP contribution is -2.27. The smallest absolute Gasteiger partial charge is 0.338 e. The van der Waals surface area contributed by atoms with E-state index < -0.39 is 28.5 Å². The van der Waals surface area contributed by atoms with Crippen molar-refractivity contribution in [3.05, 3.63) is 83.9 Å². The largest absolute Gasteiger partial charge is 0.495 e. The highest BCUT2D eigenvalue weighted by Crippen LogP contribution is 2.30. The van der Waals surface area contributed by atoms with Crippen molar-refractivity contribution >= 4 is 33.3 Å². The second kappa shape index (κ2) is 10.2. The van der Waals surface area contributed by atoms with Crippen LogP contribution in [0.3, 0.4) is 0 Å². The summed E-state index contributed by atoms with van der Waals surface area (Å²) in [7, 11) is -1.02. The summed E-state index contributed by atoms with van der Waals surface area (Å²) >= 11 is 0. The van der Waals surface area contributed by atoms with Crippen LogP contribution in [0.2, 0.25) is 0 Å². The quantitative estimate of drug-likeness (QED) is 0.507. The first kappa shape index (κ1) is 23.8. The summed E-state index contributed by atoms with van der Waals surface area (Å²) in [6.07, 6.45) is 0. The molecule has 0 aromatic heterocycles. The molecule has 3 rings (SSSR count). The van der Waals surface area contributed by atoms with Crippen LogP contribution in [0.15, 0.2) is 77.7 Å². The number of esters is 1. The van der Waals surface area contributed by atoms with Gasteiger partial charge in [0.1, 0.15) is 5.75 Å². The highest BCUT2D eigenvalue weighted by Gasteiger charge is 2.24. The molecule has 0 saturated heterocycles. The van der Waals surface area contributed by atoms with E-state index in [0.29, 0.717) is 17.1 Å². The fourth-order valence-corrected chi connectivity index (χ4v) is 4.28. The Hall–Kier alpha value is -3.85. The van der Waals surface area contributed by atoms with Crippen molar-refractivity contribution in [2.24, 2.45) is 0 Å². The van der Waals surface area contributed by atoms with Crippen molar-refractivity contribution in [1.29, 1.82) is 0 Å². The summed E-state index contributed by atoms with van der Waals surface area (Å²) in [6.45, 7) is 1.43. The van der Waals surface area contributed by atoms with Crippen molar-refractivity contribution in [2.75, 3.05) is 30.4 Å². The molecule has 0 spiro atoms. The zero-order valence-corrected chi connectivity index (χ0v) is 19.3. The highest BCUT2D eigenvalue weighted by atomic mass is 32.2. The molecule has 0 bridgehead atoms. The van der Waals surface area contributed by atoms with Crippen LogP contribution in [-0.4, -0.2) is 41.1 Å². The van der Waals surface area contributed by atoms with Crippen LogP contribution >= 0.6 is 0 Å². The van der Waals surface area contributed by atoms with Gasteiger partial charge in [0.25, 0.3) is 15.9 Å². The van der Waals surface area contributed by atoms with Crippen molar-refractivity contribution < 1.29 is 27.5 Å². The molecule has 0 aliphatic rings. The van der Waals surface area contributed by atoms with Crippen LogP contribution in [0.1, 0.15) is 15.9 Å². The highest BCUT2D eigenvalue weighted by molar-refractivity contribution is 7.92. The lowest BCUT2D eigenvalue weighted by atomic mass is 10.2. The van der Waals surface area contributed by atoms with Gasteiger partial charge < -0.3 is 14.8 Å². The van der Waals surface area contributed by atoms with Crippen LogP contribution in [0.4, 0.5) is 11.4 Å². The first-order valence-electron chi connectivity index (χ1n) is 9.98. The minimum absolute atomic E-state index is 0.00959. The maximum Gasteiger partial charge on any atom is 0.338 e. The molecule has 0 aliphatic carbocycles. The molecular formula is C24H24N2O6S. The van der Waals surface area contributed by atoms with Gasteiger partial charge in [-0.2, -0.15) is 0 Å². The summed E-state index contributed by atoms with van der Waals surface area (Å²) in [5, 5.41) is 2.64. The zero-order chi connectivity index (χ0) is 24.0. The number of hydrogen-bond acceptors (Lipinski definition) is 6. The van der Waals surface area contributed by atoms with E-state index in [-0.39, 0.29) is 10.5 Å². The van der Waals surface area contributed by atoms with Crippen molar-refractivity contribution in [3.63, 3.8) is 0 Å². The van der Waals surface area contributed by atoms with Crippen molar-refractivity contribution in [2.45, 2.75) is 11.8 Å². The molecule has 33 heavy (non-hydrogen) atoms. The molecule has 0 radical (unpaired) electrons. The van der Waals surface area contributed by atoms with E-state index in [0.717, 1.165) is 9.87 Å². The standard InChI is InChI=1S/C24H24N2O6S/c1-17-7-6-8-19(15-17)25-23(27)16-32-24(28)18-11-13-20(14-12-18)33(29,30)26(2)21-9-4-5-10-22(21)31-3/h4-15H,16H2,1-3H3,(H,25,27). The van der Waals surface area contributed by atoms with E-state index in [2.05, 4.69) is 5.32 Å². The van der Waals surface area contributed by atoms with Crippen molar-refractivity contribution in [3.8, 4) is 5.75 Å². The Morgan fingerprint density at radius 2 is 1.67 bits per heavy atom. The van der Waals surface area contributed by atoms with Gasteiger partial charge in [0.2, 0.25) is 0 Å². The summed E-state index contributed by atoms with van der Waals surface area (Å²) in [5.74, 6) is -0.810. The third-order valence-electron chi connectivity index (χ3n) is 4.81. The lowest BCUT2D eigenvalue weighted by Gasteiger charge is -2.21. The predicted molar refractivity (Wildman–Crippen MR) is 125 cm³/mol. The van der Waals surface area contributed by atoms with Gasteiger partial charge in [-0.1, -0.05) is 24.3 Å².